The van der Waals surface area contributed by atoms with Gasteiger partial charge < -0.3 is 63.1 Å². The summed E-state index contributed by atoms with van der Waals surface area (Å²) >= 11 is 4.74. The minimum Gasteiger partial charge on any atom is 0 e. The summed E-state index contributed by atoms with van der Waals surface area (Å²) < 4.78 is 59.3. The molecule has 4 aliphatic carbocycles. The molecule has 4 rings (SSSR count). The monoisotopic (exact) mass is 1040 g/mol. The van der Waals surface area contributed by atoms with Gasteiger partial charge in [0.05, 0.1) is 69.2 Å². The normalized spacial score (nSPS) is 33.2. The van der Waals surface area contributed by atoms with Gasteiger partial charge in [0.1, 0.15) is 11.2 Å². The van der Waals surface area contributed by atoms with Gasteiger partial charge in [-0.2, -0.15) is 0 Å². The van der Waals surface area contributed by atoms with Crippen LogP contribution in [0, 0.1) is 0 Å². The van der Waals surface area contributed by atoms with E-state index in [0.29, 0.717) is 54.1 Å². The number of hydrogen-bond acceptors (Lipinski definition) is 13. The molecule has 0 bridgehead atoms. The Bertz CT molecular complexity index is 860. The molecule has 0 saturated heterocycles. The van der Waals surface area contributed by atoms with Crippen molar-refractivity contribution in [2.75, 3.05) is 90.4 Å². The van der Waals surface area contributed by atoms with Crippen LogP contribution < -0.4 is 0 Å². The molecule has 4 aliphatic rings. The van der Waals surface area contributed by atoms with Crippen LogP contribution >= 0.6 is 40.0 Å². The van der Waals surface area contributed by atoms with E-state index >= 15 is 0 Å². The molecule has 4 N–H and O–H groups in total. The van der Waals surface area contributed by atoms with Gasteiger partial charge >= 0.3 is 49.4 Å². The molecule has 0 spiro atoms. The van der Waals surface area contributed by atoms with E-state index in [1.807, 2.05) is 0 Å². The van der Waals surface area contributed by atoms with Crippen molar-refractivity contribution in [3.05, 3.63) is 11.6 Å². The van der Waals surface area contributed by atoms with Gasteiger partial charge in [0.25, 0.3) is 0 Å². The Morgan fingerprint density at radius 1 is 0.627 bits per heavy atom. The zero-order valence-corrected chi connectivity index (χ0v) is 38.7. The number of halogens is 3. The van der Waals surface area contributed by atoms with Crippen LogP contribution in [0.15, 0.2) is 11.6 Å². The first kappa shape index (κ1) is 54.9. The van der Waals surface area contributed by atoms with E-state index in [1.54, 1.807) is 14.2 Å². The number of rotatable bonds is 13. The van der Waals surface area contributed by atoms with Crippen molar-refractivity contribution in [1.82, 2.24) is 0 Å². The summed E-state index contributed by atoms with van der Waals surface area (Å²) in [4.78, 5) is 0. The van der Waals surface area contributed by atoms with Crippen LogP contribution in [0.25, 0.3) is 0 Å². The van der Waals surface area contributed by atoms with Crippen LogP contribution in [0.4, 0.5) is 4.39 Å². The first-order valence-corrected chi connectivity index (χ1v) is 25.5. The average molecular weight is 1040 g/mol. The molecule has 0 heterocycles. The summed E-state index contributed by atoms with van der Waals surface area (Å²) in [6.45, 7) is 0.988. The van der Waals surface area contributed by atoms with Crippen molar-refractivity contribution >= 4 is 40.0 Å². The van der Waals surface area contributed by atoms with Gasteiger partial charge in [-0.15, -0.1) is 0 Å². The van der Waals surface area contributed by atoms with Gasteiger partial charge in [0.15, 0.2) is 5.67 Å². The number of alkyl halides is 1. The van der Waals surface area contributed by atoms with Crippen LogP contribution in [0.3, 0.4) is 0 Å². The molecule has 51 heavy (non-hydrogen) atoms. The van der Waals surface area contributed by atoms with Gasteiger partial charge in [0.2, 0.25) is 0 Å². The fourth-order valence-electron chi connectivity index (χ4n) is 6.88. The van der Waals surface area contributed by atoms with E-state index in [9.17, 15) is 24.8 Å². The molecule has 13 nitrogen and oxygen atoms in total. The van der Waals surface area contributed by atoms with Gasteiger partial charge in [-0.25, -0.2) is 4.39 Å². The molecule has 0 unspecified atom stereocenters. The Balaban J connectivity index is 0. The second kappa shape index (κ2) is 29.9. The molecule has 304 valence electrons. The standard InChI is InChI=1S/C9H17FO3.2C8H16O4.C8H14O2.2HI.2V/c1-11-6-9(10)7(12-2)4-5-8(9)13-3;2*1-11-5-8(10)6(9)3-4-7(8)12-2;1-9-6-7-4-3-5-8(7)10-2;;;;/h7-8H,4-6H2,1-3H3;2*6-7,9-10H,3-5H2,1-2H3;4,8H,3,5-6H2,1-2H3;2*1H;;/q;;;;;;;+2/p-2/t7-,8-;6-,7+,8-;6-,7-,8-;8-;;;;/m0100..../s1. The molecule has 0 amide bonds. The minimum atomic E-state index is -1.49. The largest absolute Gasteiger partial charge is 0 e. The Morgan fingerprint density at radius 3 is 1.31 bits per heavy atom. The Morgan fingerprint density at radius 2 is 1.00 bits per heavy atom. The molecule has 0 aromatic carbocycles. The topological polar surface area (TPSA) is 164 Å². The molecule has 1 radical (unpaired) electrons. The van der Waals surface area contributed by atoms with E-state index < -0.39 is 41.3 Å². The Kier molecular flexibility index (Phi) is 32.2. The van der Waals surface area contributed by atoms with Crippen molar-refractivity contribution in [3.8, 4) is 0 Å². The number of aliphatic hydroxyl groups excluding tert-OH is 2. The van der Waals surface area contributed by atoms with E-state index in [-0.39, 0.29) is 50.6 Å². The van der Waals surface area contributed by atoms with Crippen molar-refractivity contribution < 1.29 is 95.5 Å². The van der Waals surface area contributed by atoms with Gasteiger partial charge in [-0.1, -0.05) is 6.08 Å². The summed E-state index contributed by atoms with van der Waals surface area (Å²) in [6.07, 6.45) is 5.75. The second-order valence-corrected chi connectivity index (χ2v) is 24.2. The third-order valence-corrected chi connectivity index (χ3v) is 9.53. The molecular formula is C33H63FI2O13V2. The van der Waals surface area contributed by atoms with E-state index in [0.717, 1.165) is 19.4 Å². The van der Waals surface area contributed by atoms with Gasteiger partial charge in [0, 0.05) is 82.5 Å². The third kappa shape index (κ3) is 16.7. The van der Waals surface area contributed by atoms with Crippen molar-refractivity contribution in [3.63, 3.8) is 0 Å². The van der Waals surface area contributed by atoms with Crippen molar-refractivity contribution in [2.24, 2.45) is 0 Å². The number of ether oxygens (including phenoxy) is 9. The first-order chi connectivity index (χ1) is 23.8. The maximum Gasteiger partial charge on any atom is 0 e. The summed E-state index contributed by atoms with van der Waals surface area (Å²) in [5, 5.41) is 38.8. The van der Waals surface area contributed by atoms with Crippen LogP contribution in [0.1, 0.15) is 51.4 Å². The maximum atomic E-state index is 14.3. The molecule has 3 saturated carbocycles. The minimum absolute atomic E-state index is 0. The molecule has 0 aromatic rings. The van der Waals surface area contributed by atoms with Crippen LogP contribution in [0.2, 0.25) is 0 Å². The predicted molar refractivity (Wildman–Crippen MR) is 200 cm³/mol. The van der Waals surface area contributed by atoms with Crippen LogP contribution in [0.5, 0.6) is 0 Å². The van der Waals surface area contributed by atoms with Crippen LogP contribution in [-0.4, -0.2) is 170 Å². The summed E-state index contributed by atoms with van der Waals surface area (Å²) in [5.74, 6) is 0. The number of allylic oxidation sites excluding steroid dienone is 1. The third-order valence-electron chi connectivity index (χ3n) is 9.53. The molecule has 9 atom stereocenters. The van der Waals surface area contributed by atoms with Gasteiger partial charge in [-0.3, -0.25) is 0 Å². The van der Waals surface area contributed by atoms with Crippen molar-refractivity contribution in [2.45, 2.75) is 111 Å². The van der Waals surface area contributed by atoms with E-state index in [1.165, 1.54) is 55.3 Å². The summed E-state index contributed by atoms with van der Waals surface area (Å²) in [7, 11) is 14.7. The number of methoxy groups -OCH3 is 9. The Labute approximate surface area is 345 Å². The summed E-state index contributed by atoms with van der Waals surface area (Å²) in [5.41, 5.74) is -2.63. The number of hydrogen-bond donors (Lipinski definition) is 4. The fourth-order valence-corrected chi connectivity index (χ4v) is 6.88. The molecule has 0 aromatic heterocycles. The molecule has 3 fully saturated rings. The average Bonchev–Trinajstić information content (AvgIpc) is 3.83. The SMILES string of the molecule is COCC1(F)[C@@H](OC)CC[C@@H]1OC.COCC1=CCC[C@@H]1OC.COC[C@@]1(O)[C@@H](OC)CC[C@@H]1O.COC[C@@]1(O)[C@H](O)CC[C@@H]1OC.[I][V][I].[V]. The molecular weight excluding hydrogens is 979 g/mol. The smallest absolute Gasteiger partial charge is 0 e. The summed E-state index contributed by atoms with van der Waals surface area (Å²) in [6, 6.07) is 0. The maximum absolute atomic E-state index is 14.3. The van der Waals surface area contributed by atoms with E-state index in [4.69, 9.17) is 42.6 Å². The predicted octanol–water partition coefficient (Wildman–Crippen LogP) is 3.37. The van der Waals surface area contributed by atoms with Crippen molar-refractivity contribution in [1.29, 1.82) is 0 Å². The Hall–Kier alpha value is 1.78. The molecule has 18 heteroatoms. The van der Waals surface area contributed by atoms with Crippen LogP contribution in [-0.2, 0) is 70.7 Å². The molecule has 0 aliphatic heterocycles. The number of aliphatic hydroxyl groups is 4. The fraction of sp³-hybridized carbons (Fsp3) is 0.939. The first-order valence-electron chi connectivity index (χ1n) is 16.5. The second-order valence-electron chi connectivity index (χ2n) is 12.4. The van der Waals surface area contributed by atoms with E-state index in [2.05, 4.69) is 46.0 Å². The quantitative estimate of drug-likeness (QED) is 0.157. The van der Waals surface area contributed by atoms with Gasteiger partial charge in [-0.05, 0) is 56.9 Å². The zero-order chi connectivity index (χ0) is 38.4. The zero-order valence-electron chi connectivity index (χ0n) is 31.6.